The molecule has 0 amide bonds. The van der Waals surface area contributed by atoms with Crippen LogP contribution < -0.4 is 16.5 Å². The molecule has 4 atom stereocenters. The number of nitrogens with zero attached hydrogens (tertiary/aromatic N) is 3. The highest BCUT2D eigenvalue weighted by Crippen LogP contribution is 2.67. The third kappa shape index (κ3) is 9.82. The molecule has 0 aliphatic carbocycles. The highest BCUT2D eigenvalue weighted by Gasteiger charge is 2.69. The van der Waals surface area contributed by atoms with Crippen molar-refractivity contribution >= 4 is 36.5 Å². The van der Waals surface area contributed by atoms with Gasteiger partial charge in [0.2, 0.25) is 25.0 Å². The Kier molecular flexibility index (Phi) is 15.6. The van der Waals surface area contributed by atoms with Gasteiger partial charge in [-0.05, 0) is 66.1 Å². The first-order chi connectivity index (χ1) is 26.8. The summed E-state index contributed by atoms with van der Waals surface area (Å²) in [6.45, 7) is 68.3. The number of ether oxygens (including phenoxy) is 1. The van der Waals surface area contributed by atoms with Crippen LogP contribution in [-0.4, -0.2) is 65.0 Å². The number of aromatic nitrogens is 2. The Morgan fingerprint density at radius 3 is 1.18 bits per heavy atom. The molecule has 62 heavy (non-hydrogen) atoms. The van der Waals surface area contributed by atoms with E-state index < -0.39 is 60.7 Å². The number of nitrogen functional groups attached to an aromatic ring is 1. The molecule has 1 aromatic rings. The number of hydrogen-bond donors (Lipinski definition) is 1. The third-order valence-electron chi connectivity index (χ3n) is 13.9. The highest BCUT2D eigenvalue weighted by atomic mass is 28.4. The molecule has 0 aromatic carbocycles. The molecule has 2 rings (SSSR count). The zero-order chi connectivity index (χ0) is 49.6. The smallest absolute Gasteiger partial charge is 0.351 e. The molecule has 0 unspecified atom stereocenters. The van der Waals surface area contributed by atoms with Gasteiger partial charge in [-0.2, -0.15) is 4.98 Å². The molecule has 10 nitrogen and oxygen atoms in total. The fourth-order valence-corrected chi connectivity index (χ4v) is 40.4. The van der Waals surface area contributed by atoms with Crippen LogP contribution in [0.15, 0.2) is 11.0 Å². The summed E-state index contributed by atoms with van der Waals surface area (Å²) in [7, 11) is -8.89. The number of hydroxylamine groups is 1. The van der Waals surface area contributed by atoms with E-state index in [1.807, 2.05) is 20.8 Å². The maximum atomic E-state index is 14.5. The second-order valence-corrected chi connectivity index (χ2v) is 47.3. The van der Waals surface area contributed by atoms with Crippen molar-refractivity contribution in [2.75, 3.05) is 17.4 Å². The summed E-state index contributed by atoms with van der Waals surface area (Å²) in [5.41, 5.74) is 5.05. The van der Waals surface area contributed by atoms with Crippen LogP contribution in [-0.2, 0) is 18.0 Å². The molecular formula is C49H99N4O6Si3-. The van der Waals surface area contributed by atoms with Crippen LogP contribution in [0.1, 0.15) is 214 Å². The minimum absolute atomic E-state index is 0.102. The fourth-order valence-electron chi connectivity index (χ4n) is 15.0. The highest BCUT2D eigenvalue weighted by molar-refractivity contribution is 6.83. The molecule has 1 aromatic heterocycles. The summed E-state index contributed by atoms with van der Waals surface area (Å²) in [4.78, 5) is 18.8. The first-order valence-electron chi connectivity index (χ1n) is 23.4. The van der Waals surface area contributed by atoms with Crippen molar-refractivity contribution in [2.45, 2.75) is 283 Å². The number of nitrogens with two attached hydrogens (primary N) is 1. The summed E-state index contributed by atoms with van der Waals surface area (Å²) < 4.78 is 33.2. The molecule has 1 aliphatic rings. The lowest BCUT2D eigenvalue weighted by Gasteiger charge is -2.61. The van der Waals surface area contributed by atoms with E-state index in [1.54, 1.807) is 6.20 Å². The first kappa shape index (κ1) is 57.1. The molecule has 364 valence electrons. The third-order valence-corrected chi connectivity index (χ3v) is 34.8. The van der Waals surface area contributed by atoms with Gasteiger partial charge in [0.25, 0.3) is 0 Å². The molecule has 0 spiro atoms. The number of hydrogen-bond acceptors (Lipinski definition) is 9. The van der Waals surface area contributed by atoms with E-state index in [1.165, 1.54) is 4.57 Å². The average molecular weight is 925 g/mol. The van der Waals surface area contributed by atoms with Gasteiger partial charge in [-0.1, -0.05) is 187 Å². The van der Waals surface area contributed by atoms with Crippen molar-refractivity contribution in [2.24, 2.45) is 0 Å². The molecule has 1 saturated heterocycles. The molecule has 2 heterocycles. The lowest BCUT2D eigenvalue weighted by Crippen LogP contribution is -2.67. The molecule has 1 fully saturated rings. The number of anilines is 2. The van der Waals surface area contributed by atoms with Crippen LogP contribution in [0.5, 0.6) is 0 Å². The predicted octanol–water partition coefficient (Wildman–Crippen LogP) is 14.6. The van der Waals surface area contributed by atoms with Gasteiger partial charge in [0.1, 0.15) is 18.3 Å². The van der Waals surface area contributed by atoms with E-state index >= 15 is 0 Å². The zero-order valence-electron chi connectivity index (χ0n) is 46.0. The zero-order valence-corrected chi connectivity index (χ0v) is 49.0. The lowest BCUT2D eigenvalue weighted by atomic mass is 10.1. The minimum Gasteiger partial charge on any atom is -0.758 e. The van der Waals surface area contributed by atoms with Crippen molar-refractivity contribution in [1.29, 1.82) is 0 Å². The van der Waals surface area contributed by atoms with Gasteiger partial charge in [0.15, 0.2) is 12.0 Å². The molecule has 0 bridgehead atoms. The Morgan fingerprint density at radius 2 is 0.887 bits per heavy atom. The molecule has 0 saturated carbocycles. The Labute approximate surface area is 384 Å². The van der Waals surface area contributed by atoms with Crippen molar-refractivity contribution in [3.05, 3.63) is 21.9 Å². The van der Waals surface area contributed by atoms with E-state index in [-0.39, 0.29) is 63.5 Å². The standard InChI is InChI=1S/C49H99N4O6Si3/c1-40(2,3)53(55)33-31-52(39(54)51-37(33)50)38-36(59-62(47(22,23)24,48(25,26)27)49(28,29)30)35(58-61(44(13,14)15,45(16,17)18)46(19,20)21)34(57-38)32-56-60(41(4,5)6,42(7,8)9)43(10,11)12/h31,34-36,38H,32H2,1-30H3,(H2,50,51,54)/q-1/t34-,35-,36-,38-/m1/s1. The summed E-state index contributed by atoms with van der Waals surface area (Å²) in [5, 5.41) is 12.7. The van der Waals surface area contributed by atoms with Gasteiger partial charge in [-0.3, -0.25) is 4.57 Å². The van der Waals surface area contributed by atoms with Gasteiger partial charge in [-0.25, -0.2) is 4.79 Å². The van der Waals surface area contributed by atoms with E-state index in [4.69, 9.17) is 23.7 Å². The maximum absolute atomic E-state index is 14.5. The monoisotopic (exact) mass is 924 g/mol. The molecule has 13 heteroatoms. The Bertz CT molecular complexity index is 1650. The maximum Gasteiger partial charge on any atom is 0.351 e. The normalized spacial score (nSPS) is 21.5. The predicted molar refractivity (Wildman–Crippen MR) is 273 cm³/mol. The summed E-state index contributed by atoms with van der Waals surface area (Å²) in [6, 6.07) is 0. The Hall–Kier alpha value is -1.07. The molecule has 2 N–H and O–H groups in total. The SMILES string of the molecule is CC(C)(C)N([O-])c1cn([C@@H]2O[C@H](CO[Si](C(C)(C)C)(C(C)(C)C)C(C)(C)C)[C@@H](O[Si](C(C)(C)C)(C(C)(C)C)C(C)(C)C)[C@H]2O[Si](C(C)(C)C)(C(C)(C)C)C(C)(C)C)c(=O)nc1N. The van der Waals surface area contributed by atoms with Gasteiger partial charge >= 0.3 is 5.69 Å². The van der Waals surface area contributed by atoms with Crippen LogP contribution in [0.4, 0.5) is 11.5 Å². The van der Waals surface area contributed by atoms with Crippen LogP contribution in [0.25, 0.3) is 0 Å². The first-order valence-corrected chi connectivity index (χ1v) is 29.1. The molecular weight excluding hydrogens is 825 g/mol. The summed E-state index contributed by atoms with van der Waals surface area (Å²) >= 11 is 0. The van der Waals surface area contributed by atoms with Crippen molar-refractivity contribution in [3.63, 3.8) is 0 Å². The second-order valence-electron chi connectivity index (χ2n) is 29.0. The Balaban J connectivity index is 3.44. The summed E-state index contributed by atoms with van der Waals surface area (Å²) in [6.07, 6.45) is -1.62. The van der Waals surface area contributed by atoms with E-state index in [0.717, 1.165) is 5.06 Å². The van der Waals surface area contributed by atoms with Crippen LogP contribution in [0.3, 0.4) is 0 Å². The van der Waals surface area contributed by atoms with Gasteiger partial charge in [0, 0.05) is 11.7 Å². The van der Waals surface area contributed by atoms with Crippen molar-refractivity contribution in [3.8, 4) is 0 Å². The largest absolute Gasteiger partial charge is 0.758 e. The van der Waals surface area contributed by atoms with Crippen LogP contribution in [0, 0.1) is 5.21 Å². The molecule has 0 radical (unpaired) electrons. The minimum atomic E-state index is -3.08. The fraction of sp³-hybridized carbons (Fsp3) is 0.918. The average Bonchev–Trinajstić information content (AvgIpc) is 3.27. The van der Waals surface area contributed by atoms with E-state index in [2.05, 4.69) is 192 Å². The second kappa shape index (κ2) is 16.9. The van der Waals surface area contributed by atoms with E-state index in [0.29, 0.717) is 0 Å². The van der Waals surface area contributed by atoms with Crippen molar-refractivity contribution in [1.82, 2.24) is 9.55 Å². The Morgan fingerprint density at radius 1 is 0.581 bits per heavy atom. The summed E-state index contributed by atoms with van der Waals surface area (Å²) in [5.74, 6) is -0.127. The lowest BCUT2D eigenvalue weighted by molar-refractivity contribution is -0.0542. The van der Waals surface area contributed by atoms with Crippen LogP contribution in [0.2, 0.25) is 45.3 Å². The van der Waals surface area contributed by atoms with Gasteiger partial charge in [-0.15, -0.1) is 0 Å². The van der Waals surface area contributed by atoms with Crippen LogP contribution >= 0.6 is 0 Å². The van der Waals surface area contributed by atoms with Gasteiger partial charge < -0.3 is 34.0 Å². The molecule has 1 aliphatic heterocycles. The van der Waals surface area contributed by atoms with E-state index in [9.17, 15) is 10.0 Å². The van der Waals surface area contributed by atoms with Crippen molar-refractivity contribution < 1.29 is 18.0 Å². The van der Waals surface area contributed by atoms with Gasteiger partial charge in [0.05, 0.1) is 12.3 Å². The quantitative estimate of drug-likeness (QED) is 0.190. The topological polar surface area (TPSA) is 124 Å². The number of rotatable bonds is 9.